The summed E-state index contributed by atoms with van der Waals surface area (Å²) >= 11 is 0. The Labute approximate surface area is 110 Å². The molecule has 19 heavy (non-hydrogen) atoms. The molecule has 0 atom stereocenters. The molecular weight excluding hydrogens is 246 g/mol. The fourth-order valence-corrected chi connectivity index (χ4v) is 1.57. The summed E-state index contributed by atoms with van der Waals surface area (Å²) in [6.07, 6.45) is 0. The third-order valence-corrected chi connectivity index (χ3v) is 2.48. The SMILES string of the molecule is CN=C(On1nnc2ccccc2c1=O)[N+](C)(C)C. The Morgan fingerprint density at radius 1 is 1.32 bits per heavy atom. The van der Waals surface area contributed by atoms with E-state index in [0.29, 0.717) is 21.4 Å². The Kier molecular flexibility index (Phi) is 3.30. The number of quaternary nitrogens is 1. The second kappa shape index (κ2) is 4.77. The quantitative estimate of drug-likeness (QED) is 0.409. The summed E-state index contributed by atoms with van der Waals surface area (Å²) < 4.78 is 0.331. The molecule has 1 aromatic carbocycles. The van der Waals surface area contributed by atoms with E-state index >= 15 is 0 Å². The van der Waals surface area contributed by atoms with Crippen molar-refractivity contribution >= 4 is 16.9 Å². The van der Waals surface area contributed by atoms with E-state index in [1.807, 2.05) is 21.1 Å². The van der Waals surface area contributed by atoms with Crippen LogP contribution in [0.25, 0.3) is 10.9 Å². The van der Waals surface area contributed by atoms with Gasteiger partial charge < -0.3 is 0 Å². The Balaban J connectivity index is 2.48. The van der Waals surface area contributed by atoms with Crippen molar-refractivity contribution in [1.82, 2.24) is 15.2 Å². The van der Waals surface area contributed by atoms with Crippen LogP contribution < -0.4 is 10.4 Å². The average Bonchev–Trinajstić information content (AvgIpc) is 2.37. The molecule has 0 unspecified atom stereocenters. The van der Waals surface area contributed by atoms with Gasteiger partial charge in [0.15, 0.2) is 0 Å². The predicted octanol–water partition coefficient (Wildman–Crippen LogP) is -0.0879. The highest BCUT2D eigenvalue weighted by molar-refractivity contribution is 5.76. The first kappa shape index (κ1) is 13.2. The van der Waals surface area contributed by atoms with Gasteiger partial charge in [0.1, 0.15) is 5.52 Å². The standard InChI is InChI=1S/C12H16N5O2/c1-13-12(17(2,3)4)19-16-11(18)9-7-5-6-8-10(9)14-15-16/h5-8H,1-4H3/q+1. The van der Waals surface area contributed by atoms with Crippen molar-refractivity contribution < 1.29 is 9.32 Å². The molecule has 2 rings (SSSR count). The molecule has 100 valence electrons. The van der Waals surface area contributed by atoms with E-state index in [0.717, 1.165) is 4.85 Å². The Morgan fingerprint density at radius 3 is 2.63 bits per heavy atom. The first-order valence-electron chi connectivity index (χ1n) is 5.75. The van der Waals surface area contributed by atoms with E-state index in [9.17, 15) is 4.79 Å². The van der Waals surface area contributed by atoms with E-state index in [-0.39, 0.29) is 5.56 Å². The van der Waals surface area contributed by atoms with E-state index in [2.05, 4.69) is 15.3 Å². The van der Waals surface area contributed by atoms with Crippen LogP contribution in [-0.2, 0) is 0 Å². The van der Waals surface area contributed by atoms with Crippen LogP contribution in [0.15, 0.2) is 34.1 Å². The number of nitrogens with zero attached hydrogens (tertiary/aromatic N) is 5. The van der Waals surface area contributed by atoms with Gasteiger partial charge in [0.25, 0.3) is 0 Å². The molecule has 0 aliphatic heterocycles. The van der Waals surface area contributed by atoms with Gasteiger partial charge in [-0.25, -0.2) is 9.48 Å². The second-order valence-corrected chi connectivity index (χ2v) is 4.89. The second-order valence-electron chi connectivity index (χ2n) is 4.89. The molecule has 0 aliphatic carbocycles. The number of aliphatic imine (C=N–C) groups is 1. The number of hydrogen-bond donors (Lipinski definition) is 0. The number of amidine groups is 1. The third-order valence-electron chi connectivity index (χ3n) is 2.48. The summed E-state index contributed by atoms with van der Waals surface area (Å²) in [4.78, 5) is 22.5. The van der Waals surface area contributed by atoms with Crippen LogP contribution in [0.1, 0.15) is 0 Å². The number of fused-ring (bicyclic) bond motifs is 1. The minimum absolute atomic E-state index is 0.331. The zero-order valence-corrected chi connectivity index (χ0v) is 11.4. The van der Waals surface area contributed by atoms with Gasteiger partial charge in [-0.1, -0.05) is 12.1 Å². The van der Waals surface area contributed by atoms with Crippen LogP contribution in [0.2, 0.25) is 0 Å². The van der Waals surface area contributed by atoms with Gasteiger partial charge in [-0.2, -0.15) is 0 Å². The van der Waals surface area contributed by atoms with E-state index in [4.69, 9.17) is 4.84 Å². The average molecular weight is 262 g/mol. The number of benzene rings is 1. The lowest BCUT2D eigenvalue weighted by molar-refractivity contribution is -0.787. The van der Waals surface area contributed by atoms with E-state index < -0.39 is 0 Å². The highest BCUT2D eigenvalue weighted by Gasteiger charge is 2.22. The molecule has 1 heterocycles. The molecule has 0 radical (unpaired) electrons. The molecule has 0 bridgehead atoms. The Morgan fingerprint density at radius 2 is 2.00 bits per heavy atom. The zero-order valence-electron chi connectivity index (χ0n) is 11.4. The smallest absolute Gasteiger partial charge is 0.281 e. The molecule has 1 aromatic heterocycles. The van der Waals surface area contributed by atoms with Crippen molar-refractivity contribution in [2.75, 3.05) is 28.2 Å². The van der Waals surface area contributed by atoms with Crippen molar-refractivity contribution in [3.8, 4) is 0 Å². The molecule has 0 aliphatic rings. The number of aromatic nitrogens is 3. The van der Waals surface area contributed by atoms with Gasteiger partial charge in [0.05, 0.1) is 26.5 Å². The molecule has 0 saturated carbocycles. The van der Waals surface area contributed by atoms with Gasteiger partial charge in [0.2, 0.25) is 0 Å². The molecular formula is C12H16N5O2+. The maximum atomic E-state index is 12.2. The molecule has 7 heteroatoms. The topological polar surface area (TPSA) is 69.4 Å². The van der Waals surface area contributed by atoms with E-state index in [1.54, 1.807) is 31.3 Å². The molecule has 0 N–H and O–H groups in total. The summed E-state index contributed by atoms with van der Waals surface area (Å²) in [6, 6.07) is 7.33. The van der Waals surface area contributed by atoms with Crippen LogP contribution in [-0.4, -0.2) is 53.9 Å². The molecule has 0 amide bonds. The highest BCUT2D eigenvalue weighted by atomic mass is 16.7. The zero-order chi connectivity index (χ0) is 14.0. The van der Waals surface area contributed by atoms with Crippen molar-refractivity contribution in [2.45, 2.75) is 0 Å². The van der Waals surface area contributed by atoms with Crippen LogP contribution in [0.4, 0.5) is 0 Å². The minimum Gasteiger partial charge on any atom is -0.281 e. The normalized spacial score (nSPS) is 12.7. The van der Waals surface area contributed by atoms with E-state index in [1.165, 1.54) is 0 Å². The summed E-state index contributed by atoms with van der Waals surface area (Å²) in [6.45, 7) is 0. The molecule has 7 nitrogen and oxygen atoms in total. The minimum atomic E-state index is -0.361. The first-order chi connectivity index (χ1) is 8.93. The fraction of sp³-hybridized carbons (Fsp3) is 0.333. The lowest BCUT2D eigenvalue weighted by Gasteiger charge is -2.22. The Hall–Kier alpha value is -2.28. The maximum Gasteiger partial charge on any atom is 0.420 e. The third kappa shape index (κ3) is 2.60. The monoisotopic (exact) mass is 262 g/mol. The summed E-state index contributed by atoms with van der Waals surface area (Å²) in [5.41, 5.74) is 0.174. The van der Waals surface area contributed by atoms with Crippen LogP contribution in [0, 0.1) is 0 Å². The lowest BCUT2D eigenvalue weighted by atomic mass is 10.2. The van der Waals surface area contributed by atoms with Crippen LogP contribution in [0.5, 0.6) is 0 Å². The predicted molar refractivity (Wildman–Crippen MR) is 71.8 cm³/mol. The summed E-state index contributed by atoms with van der Waals surface area (Å²) in [5, 5.41) is 8.14. The number of rotatable bonds is 1. The Bertz CT molecular complexity index is 684. The molecule has 0 saturated heterocycles. The maximum absolute atomic E-state index is 12.2. The molecule has 0 spiro atoms. The van der Waals surface area contributed by atoms with Gasteiger partial charge in [0, 0.05) is 7.05 Å². The fourth-order valence-electron chi connectivity index (χ4n) is 1.57. The lowest BCUT2D eigenvalue weighted by Crippen LogP contribution is -2.49. The highest BCUT2D eigenvalue weighted by Crippen LogP contribution is 2.03. The summed E-state index contributed by atoms with van der Waals surface area (Å²) in [5.74, 6) is 0. The summed E-state index contributed by atoms with van der Waals surface area (Å²) in [7, 11) is 7.23. The van der Waals surface area contributed by atoms with Crippen molar-refractivity contribution in [2.24, 2.45) is 4.99 Å². The largest absolute Gasteiger partial charge is 0.420 e. The van der Waals surface area contributed by atoms with Crippen LogP contribution in [0.3, 0.4) is 0 Å². The van der Waals surface area contributed by atoms with Gasteiger partial charge in [-0.15, -0.1) is 5.10 Å². The molecule has 0 fully saturated rings. The van der Waals surface area contributed by atoms with Crippen molar-refractivity contribution in [1.29, 1.82) is 0 Å². The van der Waals surface area contributed by atoms with Crippen molar-refractivity contribution in [3.05, 3.63) is 34.6 Å². The van der Waals surface area contributed by atoms with Crippen molar-refractivity contribution in [3.63, 3.8) is 0 Å². The first-order valence-corrected chi connectivity index (χ1v) is 5.75. The van der Waals surface area contributed by atoms with Crippen LogP contribution >= 0.6 is 0 Å². The van der Waals surface area contributed by atoms with Gasteiger partial charge in [-0.05, 0) is 22.2 Å². The number of hydrogen-bond acceptors (Lipinski definition) is 5. The molecule has 2 aromatic rings. The van der Waals surface area contributed by atoms with Gasteiger partial charge >= 0.3 is 11.6 Å². The van der Waals surface area contributed by atoms with Gasteiger partial charge in [-0.3, -0.25) is 9.63 Å².